The normalized spacial score (nSPS) is 11.1. The first kappa shape index (κ1) is 19.9. The van der Waals surface area contributed by atoms with Crippen LogP contribution in [0.5, 0.6) is 5.75 Å². The van der Waals surface area contributed by atoms with Crippen molar-refractivity contribution < 1.29 is 14.3 Å². The van der Waals surface area contributed by atoms with E-state index in [1.54, 1.807) is 13.1 Å². The number of hydrogen-bond acceptors (Lipinski definition) is 7. The number of esters is 1. The third-order valence-corrected chi connectivity index (χ3v) is 4.17. The number of nitrogens with one attached hydrogen (secondary N) is 1. The second kappa shape index (κ2) is 10.6. The molecule has 140 valence electrons. The minimum absolute atomic E-state index is 0.172. The number of carbonyl (C=O) groups is 1. The summed E-state index contributed by atoms with van der Waals surface area (Å²) in [6.45, 7) is 7.21. The quantitative estimate of drug-likeness (QED) is 0.384. The van der Waals surface area contributed by atoms with E-state index < -0.39 is 0 Å². The fourth-order valence-corrected chi connectivity index (χ4v) is 2.72. The smallest absolute Gasteiger partial charge is 0.311 e. The number of hydrogen-bond donors (Lipinski definition) is 1. The third-order valence-electron chi connectivity index (χ3n) is 3.38. The number of aromatic nitrogens is 1. The van der Waals surface area contributed by atoms with Crippen LogP contribution >= 0.6 is 11.3 Å². The molecule has 0 bridgehead atoms. The summed E-state index contributed by atoms with van der Waals surface area (Å²) in [6, 6.07) is 7.77. The Kier molecular flexibility index (Phi) is 8.08. The molecule has 0 fully saturated rings. The van der Waals surface area contributed by atoms with Crippen molar-refractivity contribution in [2.75, 3.05) is 18.6 Å². The molecule has 2 aromatic rings. The molecule has 7 heteroatoms. The average Bonchev–Trinajstić information content (AvgIpc) is 3.02. The number of anilines is 1. The predicted molar refractivity (Wildman–Crippen MR) is 105 cm³/mol. The van der Waals surface area contributed by atoms with Gasteiger partial charge in [0.05, 0.1) is 31.5 Å². The maximum atomic E-state index is 11.4. The van der Waals surface area contributed by atoms with Gasteiger partial charge >= 0.3 is 5.97 Å². The summed E-state index contributed by atoms with van der Waals surface area (Å²) in [4.78, 5) is 15.8. The first-order valence-electron chi connectivity index (χ1n) is 8.68. The number of nitrogens with zero attached hydrogens (tertiary/aromatic N) is 2. The second-order valence-corrected chi connectivity index (χ2v) is 6.96. The van der Waals surface area contributed by atoms with E-state index in [4.69, 9.17) is 9.47 Å². The van der Waals surface area contributed by atoms with E-state index in [2.05, 4.69) is 29.4 Å². The van der Waals surface area contributed by atoms with Crippen molar-refractivity contribution in [2.45, 2.75) is 33.6 Å². The largest absolute Gasteiger partial charge is 0.494 e. The summed E-state index contributed by atoms with van der Waals surface area (Å²) in [5.41, 5.74) is 4.49. The molecular weight excluding hydrogens is 350 g/mol. The summed E-state index contributed by atoms with van der Waals surface area (Å²) < 4.78 is 10.7. The molecule has 1 N–H and O–H groups in total. The zero-order valence-electron chi connectivity index (χ0n) is 15.4. The highest BCUT2D eigenvalue weighted by Crippen LogP contribution is 2.17. The molecule has 0 aliphatic heterocycles. The van der Waals surface area contributed by atoms with E-state index in [9.17, 15) is 4.79 Å². The maximum Gasteiger partial charge on any atom is 0.311 e. The molecule has 0 spiro atoms. The van der Waals surface area contributed by atoms with Gasteiger partial charge in [0.1, 0.15) is 5.75 Å². The summed E-state index contributed by atoms with van der Waals surface area (Å²) in [5.74, 6) is 1.18. The summed E-state index contributed by atoms with van der Waals surface area (Å²) in [6.07, 6.45) is 2.91. The van der Waals surface area contributed by atoms with Crippen LogP contribution in [0.4, 0.5) is 5.13 Å². The molecule has 0 saturated carbocycles. The SMILES string of the molecule is CCOC(=O)Cc1csc(NN=Cc2cccc(OCCC(C)C)c2)n1. The van der Waals surface area contributed by atoms with Gasteiger partial charge in [0.2, 0.25) is 5.13 Å². The van der Waals surface area contributed by atoms with Crippen molar-refractivity contribution >= 4 is 28.7 Å². The molecule has 0 unspecified atom stereocenters. The van der Waals surface area contributed by atoms with E-state index in [-0.39, 0.29) is 12.4 Å². The van der Waals surface area contributed by atoms with E-state index >= 15 is 0 Å². The lowest BCUT2D eigenvalue weighted by atomic mass is 10.1. The molecule has 0 saturated heterocycles. The molecule has 6 nitrogen and oxygen atoms in total. The van der Waals surface area contributed by atoms with Crippen molar-refractivity contribution in [1.82, 2.24) is 4.98 Å². The fraction of sp³-hybridized carbons (Fsp3) is 0.421. The molecule has 1 aromatic heterocycles. The molecule has 1 heterocycles. The van der Waals surface area contributed by atoms with Gasteiger partial charge in [0.25, 0.3) is 0 Å². The molecule has 0 atom stereocenters. The highest BCUT2D eigenvalue weighted by atomic mass is 32.1. The Balaban J connectivity index is 1.84. The lowest BCUT2D eigenvalue weighted by Gasteiger charge is -2.08. The van der Waals surface area contributed by atoms with Crippen molar-refractivity contribution in [1.29, 1.82) is 0 Å². The number of hydrazone groups is 1. The first-order chi connectivity index (χ1) is 12.6. The van der Waals surface area contributed by atoms with E-state index in [1.807, 2.05) is 29.6 Å². The number of thiazole rings is 1. The Labute approximate surface area is 158 Å². The molecule has 0 radical (unpaired) electrons. The fourth-order valence-electron chi connectivity index (χ4n) is 2.06. The summed E-state index contributed by atoms with van der Waals surface area (Å²) in [5, 5.41) is 6.64. The second-order valence-electron chi connectivity index (χ2n) is 6.10. The number of rotatable bonds is 10. The topological polar surface area (TPSA) is 72.8 Å². The van der Waals surface area contributed by atoms with E-state index in [1.165, 1.54) is 11.3 Å². The molecule has 0 aliphatic carbocycles. The zero-order valence-corrected chi connectivity index (χ0v) is 16.2. The minimum Gasteiger partial charge on any atom is -0.494 e. The van der Waals surface area contributed by atoms with E-state index in [0.717, 1.165) is 17.7 Å². The van der Waals surface area contributed by atoms with Gasteiger partial charge in [0.15, 0.2) is 0 Å². The molecule has 2 rings (SSSR count). The van der Waals surface area contributed by atoms with Crippen molar-refractivity contribution in [2.24, 2.45) is 11.0 Å². The lowest BCUT2D eigenvalue weighted by Crippen LogP contribution is -2.07. The molecule has 1 aromatic carbocycles. The van der Waals surface area contributed by atoms with Crippen LogP contribution in [0.15, 0.2) is 34.7 Å². The molecule has 26 heavy (non-hydrogen) atoms. The van der Waals surface area contributed by atoms with Gasteiger partial charge in [-0.1, -0.05) is 26.0 Å². The Hall–Kier alpha value is -2.41. The predicted octanol–water partition coefficient (Wildman–Crippen LogP) is 4.12. The highest BCUT2D eigenvalue weighted by Gasteiger charge is 2.07. The maximum absolute atomic E-state index is 11.4. The first-order valence-corrected chi connectivity index (χ1v) is 9.56. The van der Waals surface area contributed by atoms with Gasteiger partial charge in [-0.15, -0.1) is 11.3 Å². The molecule has 0 amide bonds. The van der Waals surface area contributed by atoms with Gasteiger partial charge in [-0.3, -0.25) is 10.2 Å². The Morgan fingerprint density at radius 2 is 2.27 bits per heavy atom. The van der Waals surface area contributed by atoms with Gasteiger partial charge < -0.3 is 9.47 Å². The number of carbonyl (C=O) groups excluding carboxylic acids is 1. The van der Waals surface area contributed by atoms with Crippen LogP contribution in [0.3, 0.4) is 0 Å². The van der Waals surface area contributed by atoms with Crippen LogP contribution in [0, 0.1) is 5.92 Å². The van der Waals surface area contributed by atoms with Crippen LogP contribution in [0.25, 0.3) is 0 Å². The highest BCUT2D eigenvalue weighted by molar-refractivity contribution is 7.13. The van der Waals surface area contributed by atoms with Crippen molar-refractivity contribution in [3.63, 3.8) is 0 Å². The van der Waals surface area contributed by atoms with Crippen molar-refractivity contribution in [3.8, 4) is 5.75 Å². The molecular formula is C19H25N3O3S. The average molecular weight is 375 g/mol. The van der Waals surface area contributed by atoms with Crippen molar-refractivity contribution in [3.05, 3.63) is 40.9 Å². The Bertz CT molecular complexity index is 728. The number of benzene rings is 1. The Morgan fingerprint density at radius 3 is 3.04 bits per heavy atom. The van der Waals surface area contributed by atoms with E-state index in [0.29, 0.717) is 30.0 Å². The van der Waals surface area contributed by atoms with Crippen LogP contribution in [-0.4, -0.2) is 30.4 Å². The monoisotopic (exact) mass is 375 g/mol. The Morgan fingerprint density at radius 1 is 1.42 bits per heavy atom. The van der Waals surface area contributed by atoms with Gasteiger partial charge in [-0.25, -0.2) is 4.98 Å². The van der Waals surface area contributed by atoms with Gasteiger partial charge in [0, 0.05) is 5.38 Å². The molecule has 0 aliphatic rings. The van der Waals surface area contributed by atoms with Crippen LogP contribution in [-0.2, 0) is 16.0 Å². The van der Waals surface area contributed by atoms with Gasteiger partial charge in [-0.2, -0.15) is 5.10 Å². The number of ether oxygens (including phenoxy) is 2. The standard InChI is InChI=1S/C19H25N3O3S/c1-4-24-18(23)11-16-13-26-19(21-16)22-20-12-15-6-5-7-17(10-15)25-9-8-14(2)3/h5-7,10,12-14H,4,8-9,11H2,1-3H3,(H,21,22). The van der Waals surface area contributed by atoms with Crippen LogP contribution in [0.2, 0.25) is 0 Å². The van der Waals surface area contributed by atoms with Crippen LogP contribution in [0.1, 0.15) is 38.4 Å². The summed E-state index contributed by atoms with van der Waals surface area (Å²) in [7, 11) is 0. The van der Waals surface area contributed by atoms with Crippen LogP contribution < -0.4 is 10.2 Å². The zero-order chi connectivity index (χ0) is 18.8. The third kappa shape index (κ3) is 7.23. The minimum atomic E-state index is -0.276. The van der Waals surface area contributed by atoms with Gasteiger partial charge in [-0.05, 0) is 37.0 Å². The summed E-state index contributed by atoms with van der Waals surface area (Å²) >= 11 is 1.39. The lowest BCUT2D eigenvalue weighted by molar-refractivity contribution is -0.142.